The fourth-order valence-corrected chi connectivity index (χ4v) is 4.28. The molecule has 0 spiro atoms. The molecule has 166 valence electrons. The monoisotopic (exact) mass is 458 g/mol. The number of para-hydroxylation sites is 1. The maximum Gasteiger partial charge on any atom is 0.196 e. The molecular weight excluding hydrogens is 436 g/mol. The van der Waals surface area contributed by atoms with Crippen molar-refractivity contribution in [3.8, 4) is 28.9 Å². The Kier molecular flexibility index (Phi) is 6.47. The Morgan fingerprint density at radius 1 is 1.21 bits per heavy atom. The molecule has 0 bridgehead atoms. The second kappa shape index (κ2) is 9.63. The number of nitrogens with two attached hydrogens (primary N) is 1. The highest BCUT2D eigenvalue weighted by atomic mass is 32.2. The van der Waals surface area contributed by atoms with E-state index < -0.39 is 0 Å². The Balaban J connectivity index is 1.77. The van der Waals surface area contributed by atoms with Crippen LogP contribution in [0.25, 0.3) is 28.0 Å². The SMILES string of the molecule is CCOc1ccc(-n2c(SCC(=O)/C(C#N)=C(/C)N)nnc2-c2c[nH]c3ccccc23)cc1. The number of carbonyl (C=O) groups excluding carboxylic acids is 1. The van der Waals surface area contributed by atoms with E-state index in [4.69, 9.17) is 10.5 Å². The number of hydrogen-bond acceptors (Lipinski definition) is 7. The molecule has 0 fully saturated rings. The lowest BCUT2D eigenvalue weighted by Gasteiger charge is -2.11. The molecule has 0 aliphatic heterocycles. The second-order valence-corrected chi connectivity index (χ2v) is 8.14. The van der Waals surface area contributed by atoms with Gasteiger partial charge in [0.15, 0.2) is 16.8 Å². The fraction of sp³-hybridized carbons (Fsp3) is 0.167. The number of fused-ring (bicyclic) bond motifs is 1. The molecule has 0 saturated carbocycles. The molecule has 9 heteroatoms. The van der Waals surface area contributed by atoms with E-state index in [0.717, 1.165) is 27.9 Å². The number of Topliss-reactive ketones (excluding diaryl/α,β-unsaturated/α-hetero) is 1. The van der Waals surface area contributed by atoms with Gasteiger partial charge < -0.3 is 15.5 Å². The largest absolute Gasteiger partial charge is 0.494 e. The maximum absolute atomic E-state index is 12.5. The first-order valence-corrected chi connectivity index (χ1v) is 11.3. The van der Waals surface area contributed by atoms with E-state index in [-0.39, 0.29) is 22.8 Å². The lowest BCUT2D eigenvalue weighted by Crippen LogP contribution is -2.11. The van der Waals surface area contributed by atoms with Crippen molar-refractivity contribution in [3.05, 3.63) is 66.0 Å². The van der Waals surface area contributed by atoms with Gasteiger partial charge in [-0.25, -0.2) is 0 Å². The summed E-state index contributed by atoms with van der Waals surface area (Å²) in [7, 11) is 0. The van der Waals surface area contributed by atoms with Crippen molar-refractivity contribution >= 4 is 28.4 Å². The number of nitriles is 1. The number of hydrogen-bond donors (Lipinski definition) is 2. The van der Waals surface area contributed by atoms with Gasteiger partial charge in [-0.05, 0) is 44.2 Å². The molecule has 8 nitrogen and oxygen atoms in total. The molecule has 4 rings (SSSR count). The first kappa shape index (κ1) is 22.2. The number of ether oxygens (including phenoxy) is 1. The van der Waals surface area contributed by atoms with Crippen LogP contribution in [0.3, 0.4) is 0 Å². The smallest absolute Gasteiger partial charge is 0.196 e. The number of rotatable bonds is 8. The minimum atomic E-state index is -0.350. The highest BCUT2D eigenvalue weighted by molar-refractivity contribution is 7.99. The lowest BCUT2D eigenvalue weighted by molar-refractivity contribution is -0.112. The highest BCUT2D eigenvalue weighted by Crippen LogP contribution is 2.33. The Morgan fingerprint density at radius 2 is 1.97 bits per heavy atom. The van der Waals surface area contributed by atoms with Gasteiger partial charge in [0, 0.05) is 34.0 Å². The van der Waals surface area contributed by atoms with Gasteiger partial charge in [-0.15, -0.1) is 10.2 Å². The summed E-state index contributed by atoms with van der Waals surface area (Å²) in [4.78, 5) is 15.8. The normalized spacial score (nSPS) is 11.8. The average molecular weight is 459 g/mol. The van der Waals surface area contributed by atoms with Gasteiger partial charge in [-0.1, -0.05) is 30.0 Å². The molecule has 0 aliphatic carbocycles. The first-order valence-electron chi connectivity index (χ1n) is 10.3. The highest BCUT2D eigenvalue weighted by Gasteiger charge is 2.21. The number of thioether (sulfide) groups is 1. The number of nitrogens with one attached hydrogen (secondary N) is 1. The van der Waals surface area contributed by atoms with Gasteiger partial charge in [-0.2, -0.15) is 5.26 Å². The van der Waals surface area contributed by atoms with Crippen molar-refractivity contribution < 1.29 is 9.53 Å². The third-order valence-electron chi connectivity index (χ3n) is 4.99. The quantitative estimate of drug-likeness (QED) is 0.230. The first-order chi connectivity index (χ1) is 16.0. The van der Waals surface area contributed by atoms with E-state index in [2.05, 4.69) is 15.2 Å². The fourth-order valence-electron chi connectivity index (χ4n) is 3.46. The van der Waals surface area contributed by atoms with Crippen molar-refractivity contribution in [2.24, 2.45) is 5.73 Å². The van der Waals surface area contributed by atoms with E-state index in [9.17, 15) is 10.1 Å². The van der Waals surface area contributed by atoms with Crippen LogP contribution >= 0.6 is 11.8 Å². The number of carbonyl (C=O) groups is 1. The third-order valence-corrected chi connectivity index (χ3v) is 5.92. The van der Waals surface area contributed by atoms with Crippen molar-refractivity contribution in [2.75, 3.05) is 12.4 Å². The van der Waals surface area contributed by atoms with Crippen LogP contribution in [0.2, 0.25) is 0 Å². The molecule has 0 radical (unpaired) electrons. The zero-order valence-corrected chi connectivity index (χ0v) is 19.0. The number of nitrogens with zero attached hydrogens (tertiary/aromatic N) is 4. The summed E-state index contributed by atoms with van der Waals surface area (Å²) >= 11 is 1.21. The van der Waals surface area contributed by atoms with Crippen LogP contribution < -0.4 is 10.5 Å². The number of aromatic amines is 1. The number of allylic oxidation sites excluding steroid dienone is 2. The molecule has 0 aliphatic rings. The predicted molar refractivity (Wildman–Crippen MR) is 128 cm³/mol. The molecular formula is C24H22N6O2S. The van der Waals surface area contributed by atoms with Crippen molar-refractivity contribution in [1.29, 1.82) is 5.26 Å². The summed E-state index contributed by atoms with van der Waals surface area (Å²) < 4.78 is 7.46. The molecule has 0 saturated heterocycles. The van der Waals surface area contributed by atoms with Crippen molar-refractivity contribution in [2.45, 2.75) is 19.0 Å². The Morgan fingerprint density at radius 3 is 2.67 bits per heavy atom. The van der Waals surface area contributed by atoms with Crippen LogP contribution in [0, 0.1) is 11.3 Å². The van der Waals surface area contributed by atoms with E-state index in [1.165, 1.54) is 11.8 Å². The summed E-state index contributed by atoms with van der Waals surface area (Å²) in [6.45, 7) is 4.05. The van der Waals surface area contributed by atoms with Crippen LogP contribution in [0.1, 0.15) is 13.8 Å². The molecule has 0 amide bonds. The molecule has 4 aromatic rings. The third kappa shape index (κ3) is 4.47. The van der Waals surface area contributed by atoms with Gasteiger partial charge in [0.25, 0.3) is 0 Å². The molecule has 33 heavy (non-hydrogen) atoms. The maximum atomic E-state index is 12.5. The molecule has 2 aromatic heterocycles. The summed E-state index contributed by atoms with van der Waals surface area (Å²) in [6, 6.07) is 17.4. The summed E-state index contributed by atoms with van der Waals surface area (Å²) in [5.74, 6) is 1.06. The summed E-state index contributed by atoms with van der Waals surface area (Å²) in [6.07, 6.45) is 1.90. The van der Waals surface area contributed by atoms with Crippen LogP contribution in [0.5, 0.6) is 5.75 Å². The van der Waals surface area contributed by atoms with Crippen LogP contribution in [-0.2, 0) is 4.79 Å². The molecule has 0 unspecified atom stereocenters. The summed E-state index contributed by atoms with van der Waals surface area (Å²) in [5, 5.41) is 19.6. The van der Waals surface area contributed by atoms with Crippen LogP contribution in [0.4, 0.5) is 0 Å². The molecule has 2 heterocycles. The van der Waals surface area contributed by atoms with Crippen LogP contribution in [-0.4, -0.2) is 37.9 Å². The average Bonchev–Trinajstić information content (AvgIpc) is 3.42. The van der Waals surface area contributed by atoms with Crippen molar-refractivity contribution in [1.82, 2.24) is 19.7 Å². The molecule has 0 atom stereocenters. The molecule has 2 aromatic carbocycles. The van der Waals surface area contributed by atoms with E-state index >= 15 is 0 Å². The number of ketones is 1. The zero-order chi connectivity index (χ0) is 23.4. The van der Waals surface area contributed by atoms with Gasteiger partial charge in [-0.3, -0.25) is 9.36 Å². The zero-order valence-electron chi connectivity index (χ0n) is 18.2. The standard InChI is InChI=1S/C24H22N6O2S/c1-3-32-17-10-8-16(9-11-17)30-23(20-13-27-21-7-5-4-6-18(20)21)28-29-24(30)33-14-22(31)19(12-25)15(2)26/h4-11,13,27H,3,14,26H2,1-2H3/b19-15-. The summed E-state index contributed by atoms with van der Waals surface area (Å²) in [5.41, 5.74) is 8.54. The number of H-pyrrole nitrogens is 1. The second-order valence-electron chi connectivity index (χ2n) is 7.20. The number of benzene rings is 2. The number of aromatic nitrogens is 4. The minimum Gasteiger partial charge on any atom is -0.494 e. The molecule has 3 N–H and O–H groups in total. The topological polar surface area (TPSA) is 123 Å². The minimum absolute atomic E-state index is 0.0144. The van der Waals surface area contributed by atoms with Gasteiger partial charge in [0.1, 0.15) is 17.4 Å². The van der Waals surface area contributed by atoms with Crippen molar-refractivity contribution in [3.63, 3.8) is 0 Å². The van der Waals surface area contributed by atoms with Gasteiger partial charge in [0.2, 0.25) is 0 Å². The lowest BCUT2D eigenvalue weighted by atomic mass is 10.1. The van der Waals surface area contributed by atoms with Crippen LogP contribution in [0.15, 0.2) is 71.2 Å². The predicted octanol–water partition coefficient (Wildman–Crippen LogP) is 4.23. The van der Waals surface area contributed by atoms with Gasteiger partial charge >= 0.3 is 0 Å². The Bertz CT molecular complexity index is 1370. The van der Waals surface area contributed by atoms with Gasteiger partial charge in [0.05, 0.1) is 12.4 Å². The van der Waals surface area contributed by atoms with E-state index in [0.29, 0.717) is 17.6 Å². The van der Waals surface area contributed by atoms with E-state index in [1.807, 2.05) is 72.3 Å². The Hall–Kier alpha value is -4.03. The Labute approximate surface area is 195 Å². The van der Waals surface area contributed by atoms with E-state index in [1.54, 1.807) is 6.92 Å².